The topological polar surface area (TPSA) is 84.6 Å². The van der Waals surface area contributed by atoms with Crippen LogP contribution in [0.25, 0.3) is 11.3 Å². The molecule has 2 aliphatic carbocycles. The molecule has 1 aromatic heterocycles. The summed E-state index contributed by atoms with van der Waals surface area (Å²) >= 11 is 0. The zero-order valence-corrected chi connectivity index (χ0v) is 13.4. The van der Waals surface area contributed by atoms with Gasteiger partial charge in [0, 0.05) is 11.1 Å². The molecule has 2 aromatic rings. The summed E-state index contributed by atoms with van der Waals surface area (Å²) in [6, 6.07) is 3.49. The molecule has 122 valence electrons. The lowest BCUT2D eigenvalue weighted by atomic mass is 9.68. The SMILES string of the molecule is Cc1coc2c1C(=O)C(=O)c1c-2ccc2c1CCC[C@]2(C)C(=O)O. The number of carboxylic acids is 1. The molecule has 0 aliphatic heterocycles. The van der Waals surface area contributed by atoms with Gasteiger partial charge in [-0.3, -0.25) is 14.4 Å². The van der Waals surface area contributed by atoms with E-state index in [1.165, 1.54) is 6.26 Å². The fraction of sp³-hybridized carbons (Fsp3) is 0.316. The first-order valence-corrected chi connectivity index (χ1v) is 7.93. The fourth-order valence-corrected chi connectivity index (χ4v) is 4.00. The third kappa shape index (κ3) is 1.67. The van der Waals surface area contributed by atoms with Crippen molar-refractivity contribution in [2.45, 2.75) is 38.5 Å². The van der Waals surface area contributed by atoms with Crippen LogP contribution in [0.4, 0.5) is 0 Å². The van der Waals surface area contributed by atoms with Crippen LogP contribution in [0.5, 0.6) is 0 Å². The molecular weight excluding hydrogens is 308 g/mol. The summed E-state index contributed by atoms with van der Waals surface area (Å²) in [6.07, 6.45) is 3.25. The number of Topliss-reactive ketones (excluding diaryl/α,β-unsaturated/α-hetero) is 2. The number of fused-ring (bicyclic) bond motifs is 5. The maximum absolute atomic E-state index is 12.7. The monoisotopic (exact) mass is 324 g/mol. The number of hydrogen-bond donors (Lipinski definition) is 1. The van der Waals surface area contributed by atoms with Gasteiger partial charge in [0.15, 0.2) is 0 Å². The number of rotatable bonds is 1. The van der Waals surface area contributed by atoms with E-state index in [1.54, 1.807) is 26.0 Å². The number of carbonyl (C=O) groups is 3. The summed E-state index contributed by atoms with van der Waals surface area (Å²) in [5.74, 6) is -1.63. The van der Waals surface area contributed by atoms with Crippen LogP contribution >= 0.6 is 0 Å². The minimum absolute atomic E-state index is 0.323. The minimum atomic E-state index is -1.04. The maximum Gasteiger partial charge on any atom is 0.313 e. The smallest absolute Gasteiger partial charge is 0.313 e. The van der Waals surface area contributed by atoms with Gasteiger partial charge in [0.2, 0.25) is 11.6 Å². The van der Waals surface area contributed by atoms with Gasteiger partial charge >= 0.3 is 5.97 Å². The Morgan fingerprint density at radius 2 is 1.92 bits per heavy atom. The second-order valence-electron chi connectivity index (χ2n) is 6.79. The molecule has 1 atom stereocenters. The van der Waals surface area contributed by atoms with Crippen molar-refractivity contribution in [2.24, 2.45) is 0 Å². The van der Waals surface area contributed by atoms with Gasteiger partial charge in [0.1, 0.15) is 5.76 Å². The van der Waals surface area contributed by atoms with Crippen LogP contribution in [0.2, 0.25) is 0 Å². The second-order valence-corrected chi connectivity index (χ2v) is 6.79. The number of benzene rings is 1. The molecule has 0 saturated heterocycles. The third-order valence-electron chi connectivity index (χ3n) is 5.36. The maximum atomic E-state index is 12.7. The van der Waals surface area contributed by atoms with Crippen molar-refractivity contribution >= 4 is 17.5 Å². The van der Waals surface area contributed by atoms with Gasteiger partial charge in [-0.15, -0.1) is 0 Å². The number of carbonyl (C=O) groups excluding carboxylic acids is 2. The van der Waals surface area contributed by atoms with E-state index < -0.39 is 23.0 Å². The Hall–Kier alpha value is -2.69. The van der Waals surface area contributed by atoms with Gasteiger partial charge in [-0.2, -0.15) is 0 Å². The Balaban J connectivity index is 2.05. The van der Waals surface area contributed by atoms with Crippen molar-refractivity contribution in [1.82, 2.24) is 0 Å². The van der Waals surface area contributed by atoms with Crippen molar-refractivity contribution in [3.8, 4) is 11.3 Å². The van der Waals surface area contributed by atoms with Crippen LogP contribution in [0, 0.1) is 6.92 Å². The predicted molar refractivity (Wildman–Crippen MR) is 85.5 cm³/mol. The number of carboxylic acid groups (broad SMARTS) is 1. The summed E-state index contributed by atoms with van der Waals surface area (Å²) in [5, 5.41) is 9.66. The zero-order chi connectivity index (χ0) is 17.2. The molecule has 0 saturated carbocycles. The van der Waals surface area contributed by atoms with Crippen LogP contribution in [0.1, 0.15) is 57.2 Å². The van der Waals surface area contributed by atoms with Gasteiger partial charge in [-0.1, -0.05) is 12.1 Å². The van der Waals surface area contributed by atoms with Gasteiger partial charge in [-0.05, 0) is 49.8 Å². The summed E-state index contributed by atoms with van der Waals surface area (Å²) < 4.78 is 5.53. The Labute approximate surface area is 138 Å². The van der Waals surface area contributed by atoms with Gasteiger partial charge in [0.05, 0.1) is 17.2 Å². The summed E-state index contributed by atoms with van der Waals surface area (Å²) in [5.41, 5.74) is 2.16. The number of hydrogen-bond acceptors (Lipinski definition) is 4. The highest BCUT2D eigenvalue weighted by atomic mass is 16.4. The molecule has 24 heavy (non-hydrogen) atoms. The third-order valence-corrected chi connectivity index (χ3v) is 5.36. The summed E-state index contributed by atoms with van der Waals surface area (Å²) in [6.45, 7) is 3.41. The highest BCUT2D eigenvalue weighted by Crippen LogP contribution is 2.45. The lowest BCUT2D eigenvalue weighted by molar-refractivity contribution is -0.143. The quantitative estimate of drug-likeness (QED) is 0.814. The Morgan fingerprint density at radius 3 is 2.62 bits per heavy atom. The molecule has 0 unspecified atom stereocenters. The normalized spacial score (nSPS) is 21.9. The second kappa shape index (κ2) is 4.66. The number of ketones is 2. The van der Waals surface area contributed by atoms with E-state index in [2.05, 4.69) is 0 Å². The first kappa shape index (κ1) is 14.9. The van der Waals surface area contributed by atoms with Gasteiger partial charge in [-0.25, -0.2) is 0 Å². The molecule has 1 aromatic carbocycles. The van der Waals surface area contributed by atoms with Crippen molar-refractivity contribution in [3.05, 3.63) is 46.2 Å². The number of aryl methyl sites for hydroxylation is 1. The molecule has 0 spiro atoms. The molecule has 0 fully saturated rings. The first-order valence-electron chi connectivity index (χ1n) is 7.93. The lowest BCUT2D eigenvalue weighted by Crippen LogP contribution is -2.37. The minimum Gasteiger partial charge on any atom is -0.481 e. The molecular formula is C19H16O5. The largest absolute Gasteiger partial charge is 0.481 e. The zero-order valence-electron chi connectivity index (χ0n) is 13.4. The summed E-state index contributed by atoms with van der Waals surface area (Å²) in [4.78, 5) is 37.0. The van der Waals surface area contributed by atoms with E-state index in [4.69, 9.17) is 4.42 Å². The molecule has 1 N–H and O–H groups in total. The van der Waals surface area contributed by atoms with E-state index in [0.29, 0.717) is 58.4 Å². The van der Waals surface area contributed by atoms with E-state index >= 15 is 0 Å². The Morgan fingerprint density at radius 1 is 1.21 bits per heavy atom. The average Bonchev–Trinajstić information content (AvgIpc) is 2.94. The van der Waals surface area contributed by atoms with E-state index in [0.717, 1.165) is 0 Å². The van der Waals surface area contributed by atoms with Crippen LogP contribution in [0.15, 0.2) is 22.8 Å². The van der Waals surface area contributed by atoms with Crippen LogP contribution in [0.3, 0.4) is 0 Å². The van der Waals surface area contributed by atoms with E-state index in [1.807, 2.05) is 0 Å². The molecule has 0 amide bonds. The predicted octanol–water partition coefficient (Wildman–Crippen LogP) is 3.31. The molecule has 0 bridgehead atoms. The molecule has 5 nitrogen and oxygen atoms in total. The average molecular weight is 324 g/mol. The summed E-state index contributed by atoms with van der Waals surface area (Å²) in [7, 11) is 0. The van der Waals surface area contributed by atoms with Crippen molar-refractivity contribution < 1.29 is 23.9 Å². The van der Waals surface area contributed by atoms with Crippen LogP contribution in [-0.2, 0) is 16.6 Å². The highest BCUT2D eigenvalue weighted by molar-refractivity contribution is 6.53. The van der Waals surface area contributed by atoms with Crippen molar-refractivity contribution in [3.63, 3.8) is 0 Å². The van der Waals surface area contributed by atoms with Crippen molar-refractivity contribution in [2.75, 3.05) is 0 Å². The first-order chi connectivity index (χ1) is 11.4. The molecule has 0 radical (unpaired) electrons. The van der Waals surface area contributed by atoms with Crippen molar-refractivity contribution in [1.29, 1.82) is 0 Å². The highest BCUT2D eigenvalue weighted by Gasteiger charge is 2.43. The van der Waals surface area contributed by atoms with Crippen LogP contribution in [-0.4, -0.2) is 22.6 Å². The fourth-order valence-electron chi connectivity index (χ4n) is 4.00. The van der Waals surface area contributed by atoms with Gasteiger partial charge in [0.25, 0.3) is 0 Å². The van der Waals surface area contributed by atoms with Gasteiger partial charge < -0.3 is 9.52 Å². The Bertz CT molecular complexity index is 933. The lowest BCUT2D eigenvalue weighted by Gasteiger charge is -2.34. The molecule has 5 heteroatoms. The number of furan rings is 1. The van der Waals surface area contributed by atoms with E-state index in [9.17, 15) is 19.5 Å². The molecule has 1 heterocycles. The van der Waals surface area contributed by atoms with E-state index in [-0.39, 0.29) is 0 Å². The molecule has 4 rings (SSSR count). The Kier molecular flexibility index (Phi) is 2.89. The number of aliphatic carboxylic acids is 1. The molecule has 2 aliphatic rings. The standard InChI is InChI=1S/C19H16O5/c1-9-8-24-17-11-5-6-12-10(4-3-7-19(12,2)18(22)23)14(11)16(21)15(20)13(9)17/h5-6,8H,3-4,7H2,1-2H3,(H,22,23)/t19-/m0/s1. The van der Waals surface area contributed by atoms with Crippen LogP contribution < -0.4 is 0 Å².